The third-order valence-electron chi connectivity index (χ3n) is 6.58. The highest BCUT2D eigenvalue weighted by Gasteiger charge is 2.22. The minimum atomic E-state index is 0.108. The second kappa shape index (κ2) is 9.08. The molecule has 0 radical (unpaired) electrons. The van der Waals surface area contributed by atoms with E-state index in [2.05, 4.69) is 50.5 Å². The molecule has 156 valence electrons. The van der Waals surface area contributed by atoms with Crippen LogP contribution in [0.4, 0.5) is 5.69 Å². The largest absolute Gasteiger partial charge is 0.326 e. The first-order valence-electron chi connectivity index (χ1n) is 11.2. The summed E-state index contributed by atoms with van der Waals surface area (Å²) in [5, 5.41) is 15.4. The molecule has 3 heterocycles. The molecule has 2 N–H and O–H groups in total. The van der Waals surface area contributed by atoms with Crippen molar-refractivity contribution >= 4 is 11.6 Å². The summed E-state index contributed by atoms with van der Waals surface area (Å²) >= 11 is 0. The van der Waals surface area contributed by atoms with Crippen LogP contribution in [-0.2, 0) is 17.8 Å². The second-order valence-electron chi connectivity index (χ2n) is 8.75. The monoisotopic (exact) mass is 395 g/mol. The van der Waals surface area contributed by atoms with Gasteiger partial charge in [0, 0.05) is 30.6 Å². The predicted molar refractivity (Wildman–Crippen MR) is 116 cm³/mol. The molecule has 1 amide bonds. The van der Waals surface area contributed by atoms with Gasteiger partial charge in [-0.25, -0.2) is 0 Å². The average Bonchev–Trinajstić information content (AvgIpc) is 2.98. The Morgan fingerprint density at radius 2 is 2.07 bits per heavy atom. The highest BCUT2D eigenvalue weighted by atomic mass is 16.1. The Morgan fingerprint density at radius 1 is 1.24 bits per heavy atom. The van der Waals surface area contributed by atoms with Crippen LogP contribution in [0, 0.1) is 18.8 Å². The Bertz CT molecular complexity index is 853. The van der Waals surface area contributed by atoms with Crippen LogP contribution in [0.15, 0.2) is 18.2 Å². The van der Waals surface area contributed by atoms with Crippen molar-refractivity contribution in [2.75, 3.05) is 18.4 Å². The van der Waals surface area contributed by atoms with Gasteiger partial charge in [0.15, 0.2) is 5.82 Å². The zero-order chi connectivity index (χ0) is 20.2. The van der Waals surface area contributed by atoms with Crippen molar-refractivity contribution < 1.29 is 4.79 Å². The van der Waals surface area contributed by atoms with Crippen LogP contribution in [0.1, 0.15) is 56.8 Å². The van der Waals surface area contributed by atoms with Crippen LogP contribution < -0.4 is 10.6 Å². The molecule has 0 bridgehead atoms. The molecule has 1 unspecified atom stereocenters. The normalized spacial score (nSPS) is 18.7. The fraction of sp³-hybridized carbons (Fsp3) is 0.609. The number of aryl methyl sites for hydroxylation is 2. The number of nitrogens with one attached hydrogen (secondary N) is 2. The van der Waals surface area contributed by atoms with E-state index in [4.69, 9.17) is 0 Å². The number of aromatic nitrogens is 3. The van der Waals surface area contributed by atoms with Crippen LogP contribution in [0.25, 0.3) is 11.4 Å². The molecule has 0 saturated carbocycles. The molecule has 1 aromatic carbocycles. The average molecular weight is 396 g/mol. The molecule has 1 saturated heterocycles. The molecule has 2 aliphatic heterocycles. The quantitative estimate of drug-likeness (QED) is 0.804. The van der Waals surface area contributed by atoms with E-state index in [0.717, 1.165) is 54.5 Å². The Hall–Kier alpha value is -2.21. The third-order valence-corrected chi connectivity index (χ3v) is 6.58. The van der Waals surface area contributed by atoms with Gasteiger partial charge in [-0.3, -0.25) is 4.79 Å². The van der Waals surface area contributed by atoms with E-state index >= 15 is 0 Å². The van der Waals surface area contributed by atoms with E-state index < -0.39 is 0 Å². The zero-order valence-corrected chi connectivity index (χ0v) is 17.7. The number of anilines is 1. The number of hydrogen-bond donors (Lipinski definition) is 2. The van der Waals surface area contributed by atoms with E-state index in [0.29, 0.717) is 18.3 Å². The Morgan fingerprint density at radius 3 is 2.90 bits per heavy atom. The summed E-state index contributed by atoms with van der Waals surface area (Å²) in [5.41, 5.74) is 2.99. The van der Waals surface area contributed by atoms with Crippen molar-refractivity contribution in [2.45, 2.75) is 65.3 Å². The lowest BCUT2D eigenvalue weighted by molar-refractivity contribution is -0.117. The Balaban J connectivity index is 1.47. The van der Waals surface area contributed by atoms with Gasteiger partial charge in [0.1, 0.15) is 5.82 Å². The van der Waals surface area contributed by atoms with E-state index in [9.17, 15) is 4.79 Å². The second-order valence-corrected chi connectivity index (χ2v) is 8.75. The maximum Gasteiger partial charge on any atom is 0.224 e. The number of benzene rings is 1. The van der Waals surface area contributed by atoms with Crippen molar-refractivity contribution in [3.8, 4) is 11.4 Å². The van der Waals surface area contributed by atoms with E-state index in [1.165, 1.54) is 32.1 Å². The molecule has 4 rings (SSSR count). The number of hydrogen-bond acceptors (Lipinski definition) is 4. The molecule has 0 spiro atoms. The Kier molecular flexibility index (Phi) is 6.28. The molecule has 2 aromatic rings. The first kappa shape index (κ1) is 20.1. The van der Waals surface area contributed by atoms with Crippen molar-refractivity contribution in [2.24, 2.45) is 11.8 Å². The van der Waals surface area contributed by atoms with Gasteiger partial charge in [-0.2, -0.15) is 0 Å². The third kappa shape index (κ3) is 4.69. The SMILES string of the molecule is Cc1ccc(-c2nnc3n2CCCCC3)cc1NC(=O)CC(C)C1CCNCC1. The number of rotatable bonds is 5. The Labute approximate surface area is 173 Å². The van der Waals surface area contributed by atoms with Crippen LogP contribution in [-0.4, -0.2) is 33.8 Å². The minimum absolute atomic E-state index is 0.108. The van der Waals surface area contributed by atoms with Crippen molar-refractivity contribution in [3.63, 3.8) is 0 Å². The van der Waals surface area contributed by atoms with Gasteiger partial charge >= 0.3 is 0 Å². The van der Waals surface area contributed by atoms with E-state index in [1.807, 2.05) is 6.92 Å². The number of amides is 1. The summed E-state index contributed by atoms with van der Waals surface area (Å²) in [6.07, 6.45) is 7.51. The van der Waals surface area contributed by atoms with Gasteiger partial charge in [0.05, 0.1) is 0 Å². The minimum Gasteiger partial charge on any atom is -0.326 e. The van der Waals surface area contributed by atoms with Crippen LogP contribution in [0.5, 0.6) is 0 Å². The molecule has 1 atom stereocenters. The molecule has 6 heteroatoms. The summed E-state index contributed by atoms with van der Waals surface area (Å²) in [6.45, 7) is 7.37. The molecule has 29 heavy (non-hydrogen) atoms. The zero-order valence-electron chi connectivity index (χ0n) is 17.7. The van der Waals surface area contributed by atoms with Gasteiger partial charge in [0.25, 0.3) is 0 Å². The van der Waals surface area contributed by atoms with Gasteiger partial charge in [-0.05, 0) is 69.2 Å². The number of nitrogens with zero attached hydrogens (tertiary/aromatic N) is 3. The fourth-order valence-electron chi connectivity index (χ4n) is 4.67. The van der Waals surface area contributed by atoms with Gasteiger partial charge in [-0.1, -0.05) is 25.5 Å². The summed E-state index contributed by atoms with van der Waals surface area (Å²) in [5.74, 6) is 3.16. The fourth-order valence-corrected chi connectivity index (χ4v) is 4.67. The van der Waals surface area contributed by atoms with Gasteiger partial charge < -0.3 is 15.2 Å². The number of fused-ring (bicyclic) bond motifs is 1. The predicted octanol–water partition coefficient (Wildman–Crippen LogP) is 3.94. The summed E-state index contributed by atoms with van der Waals surface area (Å²) in [6, 6.07) is 6.22. The highest BCUT2D eigenvalue weighted by molar-refractivity contribution is 5.92. The first-order valence-corrected chi connectivity index (χ1v) is 11.2. The summed E-state index contributed by atoms with van der Waals surface area (Å²) < 4.78 is 2.25. The molecule has 1 fully saturated rings. The molecular formula is C23H33N5O. The number of carbonyl (C=O) groups is 1. The van der Waals surface area contributed by atoms with Crippen LogP contribution in [0.3, 0.4) is 0 Å². The van der Waals surface area contributed by atoms with Crippen molar-refractivity contribution in [3.05, 3.63) is 29.6 Å². The standard InChI is InChI=1S/C23H33N5O/c1-16-7-8-19(23-27-26-21-6-4-3-5-13-28(21)23)15-20(16)25-22(29)14-17(2)18-9-11-24-12-10-18/h7-8,15,17-18,24H,3-6,9-14H2,1-2H3,(H,25,29). The van der Waals surface area contributed by atoms with E-state index in [1.54, 1.807) is 0 Å². The number of carbonyl (C=O) groups excluding carboxylic acids is 1. The van der Waals surface area contributed by atoms with Crippen molar-refractivity contribution in [1.29, 1.82) is 0 Å². The summed E-state index contributed by atoms with van der Waals surface area (Å²) in [7, 11) is 0. The maximum atomic E-state index is 12.7. The topological polar surface area (TPSA) is 71.8 Å². The van der Waals surface area contributed by atoms with Crippen molar-refractivity contribution in [1.82, 2.24) is 20.1 Å². The van der Waals surface area contributed by atoms with Gasteiger partial charge in [0.2, 0.25) is 5.91 Å². The smallest absolute Gasteiger partial charge is 0.224 e. The molecule has 6 nitrogen and oxygen atoms in total. The highest BCUT2D eigenvalue weighted by Crippen LogP contribution is 2.28. The van der Waals surface area contributed by atoms with E-state index in [-0.39, 0.29) is 5.91 Å². The first-order chi connectivity index (χ1) is 14.1. The summed E-state index contributed by atoms with van der Waals surface area (Å²) in [4.78, 5) is 12.7. The molecular weight excluding hydrogens is 362 g/mol. The lowest BCUT2D eigenvalue weighted by Crippen LogP contribution is -2.32. The van der Waals surface area contributed by atoms with Crippen LogP contribution in [0.2, 0.25) is 0 Å². The lowest BCUT2D eigenvalue weighted by Gasteiger charge is -2.28. The molecule has 1 aromatic heterocycles. The lowest BCUT2D eigenvalue weighted by atomic mass is 9.84. The molecule has 2 aliphatic rings. The van der Waals surface area contributed by atoms with Gasteiger partial charge in [-0.15, -0.1) is 10.2 Å². The maximum absolute atomic E-state index is 12.7. The molecule has 0 aliphatic carbocycles. The number of piperidine rings is 1. The van der Waals surface area contributed by atoms with Crippen LogP contribution >= 0.6 is 0 Å².